The molecule has 0 spiro atoms. The maximum atomic E-state index is 12.9. The molecule has 2 aliphatic heterocycles. The van der Waals surface area contributed by atoms with E-state index in [2.05, 4.69) is 33.8 Å². The van der Waals surface area contributed by atoms with E-state index in [4.69, 9.17) is 14.7 Å². The van der Waals surface area contributed by atoms with Crippen LogP contribution in [0.2, 0.25) is 0 Å². The molecule has 174 valence electrons. The van der Waals surface area contributed by atoms with E-state index in [-0.39, 0.29) is 11.9 Å². The predicted molar refractivity (Wildman–Crippen MR) is 129 cm³/mol. The Morgan fingerprint density at radius 2 is 1.97 bits per heavy atom. The highest BCUT2D eigenvalue weighted by Gasteiger charge is 2.36. The largest absolute Gasteiger partial charge is 0.381 e. The molecule has 0 bridgehead atoms. The van der Waals surface area contributed by atoms with Gasteiger partial charge in [-0.25, -0.2) is 15.0 Å². The van der Waals surface area contributed by atoms with Crippen molar-refractivity contribution < 1.29 is 9.53 Å². The molecule has 5 heterocycles. The lowest BCUT2D eigenvalue weighted by atomic mass is 9.98. The molecule has 4 aromatic rings. The number of hydrogen-bond acceptors (Lipinski definition) is 5. The third-order valence-electron chi connectivity index (χ3n) is 7.11. The fourth-order valence-electron chi connectivity index (χ4n) is 5.31. The van der Waals surface area contributed by atoms with Gasteiger partial charge in [0, 0.05) is 49.5 Å². The van der Waals surface area contributed by atoms with Gasteiger partial charge in [0.25, 0.3) is 0 Å². The van der Waals surface area contributed by atoms with Gasteiger partial charge in [0.05, 0.1) is 23.6 Å². The summed E-state index contributed by atoms with van der Waals surface area (Å²) in [4.78, 5) is 29.0. The van der Waals surface area contributed by atoms with E-state index in [1.807, 2.05) is 42.8 Å². The average molecular weight is 457 g/mol. The first-order valence-electron chi connectivity index (χ1n) is 11.8. The molecule has 0 N–H and O–H groups in total. The molecule has 0 saturated carbocycles. The third kappa shape index (κ3) is 3.32. The van der Waals surface area contributed by atoms with E-state index in [0.29, 0.717) is 12.5 Å². The number of aromatic nitrogens is 5. The van der Waals surface area contributed by atoms with Crippen LogP contribution >= 0.6 is 0 Å². The van der Waals surface area contributed by atoms with Crippen molar-refractivity contribution >= 4 is 16.7 Å². The number of likely N-dealkylation sites (N-methyl/N-ethyl adjacent to an activating group) is 1. The van der Waals surface area contributed by atoms with Gasteiger partial charge in [-0.05, 0) is 38.1 Å². The smallest absolute Gasteiger partial charge is 0.245 e. The van der Waals surface area contributed by atoms with Crippen LogP contribution in [0.4, 0.5) is 0 Å². The molecular formula is C26H28N6O2. The van der Waals surface area contributed by atoms with E-state index in [1.54, 1.807) is 6.33 Å². The summed E-state index contributed by atoms with van der Waals surface area (Å²) in [7, 11) is 1.87. The zero-order valence-corrected chi connectivity index (χ0v) is 19.7. The molecule has 2 aliphatic rings. The van der Waals surface area contributed by atoms with E-state index in [1.165, 1.54) is 0 Å². The maximum absolute atomic E-state index is 12.9. The maximum Gasteiger partial charge on any atom is 0.245 e. The lowest BCUT2D eigenvalue weighted by molar-refractivity contribution is -0.135. The first kappa shape index (κ1) is 21.0. The van der Waals surface area contributed by atoms with Crippen molar-refractivity contribution in [2.75, 3.05) is 20.3 Å². The van der Waals surface area contributed by atoms with Crippen LogP contribution in [0.5, 0.6) is 0 Å². The summed E-state index contributed by atoms with van der Waals surface area (Å²) in [6.07, 6.45) is 7.54. The molecule has 1 aromatic carbocycles. The molecule has 8 nitrogen and oxygen atoms in total. The highest BCUT2D eigenvalue weighted by atomic mass is 16.5. The van der Waals surface area contributed by atoms with Crippen molar-refractivity contribution in [1.82, 2.24) is 29.0 Å². The molecule has 1 atom stereocenters. The second-order valence-corrected chi connectivity index (χ2v) is 9.38. The Labute approximate surface area is 198 Å². The fourth-order valence-corrected chi connectivity index (χ4v) is 5.31. The normalized spacial score (nSPS) is 19.1. The summed E-state index contributed by atoms with van der Waals surface area (Å²) >= 11 is 0. The summed E-state index contributed by atoms with van der Waals surface area (Å²) in [5.74, 6) is 2.27. The number of carbonyl (C=O) groups excluding carboxylic acids is 1. The summed E-state index contributed by atoms with van der Waals surface area (Å²) in [6.45, 7) is 5.97. The van der Waals surface area contributed by atoms with Gasteiger partial charge in [-0.2, -0.15) is 0 Å². The first-order valence-corrected chi connectivity index (χ1v) is 11.8. The highest BCUT2D eigenvalue weighted by molar-refractivity contribution is 5.97. The number of benzene rings is 1. The Morgan fingerprint density at radius 1 is 1.15 bits per heavy atom. The van der Waals surface area contributed by atoms with Crippen LogP contribution in [0.3, 0.4) is 0 Å². The van der Waals surface area contributed by atoms with E-state index >= 15 is 0 Å². The minimum Gasteiger partial charge on any atom is -0.381 e. The number of pyridine rings is 1. The minimum absolute atomic E-state index is 0.129. The van der Waals surface area contributed by atoms with Gasteiger partial charge in [-0.3, -0.25) is 9.36 Å². The number of carbonyl (C=O) groups is 1. The number of amides is 1. The lowest BCUT2D eigenvalue weighted by Gasteiger charge is -2.32. The molecule has 6 rings (SSSR count). The Hall–Kier alpha value is -3.52. The van der Waals surface area contributed by atoms with Crippen LogP contribution in [0, 0.1) is 6.92 Å². The van der Waals surface area contributed by atoms with Gasteiger partial charge >= 0.3 is 0 Å². The zero-order chi connectivity index (χ0) is 23.4. The molecule has 1 amide bonds. The minimum atomic E-state index is -0.267. The number of fused-ring (bicyclic) bond motifs is 2. The topological polar surface area (TPSA) is 78.1 Å². The van der Waals surface area contributed by atoms with E-state index in [0.717, 1.165) is 71.1 Å². The molecule has 1 saturated heterocycles. The second-order valence-electron chi connectivity index (χ2n) is 9.38. The SMILES string of the molecule is Cc1cn(-c2cc3cccc(-c4nc(C5CCOCC5)n5c4CN(C)C(=O)[C@H]5C)c3cn2)cn1. The zero-order valence-electron chi connectivity index (χ0n) is 19.7. The van der Waals surface area contributed by atoms with Crippen LogP contribution < -0.4 is 0 Å². The van der Waals surface area contributed by atoms with Crippen molar-refractivity contribution in [2.45, 2.75) is 45.2 Å². The number of ether oxygens (including phenoxy) is 1. The number of nitrogens with zero attached hydrogens (tertiary/aromatic N) is 6. The number of hydrogen-bond donors (Lipinski definition) is 0. The molecular weight excluding hydrogens is 428 g/mol. The van der Waals surface area contributed by atoms with Crippen molar-refractivity contribution in [3.63, 3.8) is 0 Å². The van der Waals surface area contributed by atoms with Crippen molar-refractivity contribution in [1.29, 1.82) is 0 Å². The van der Waals surface area contributed by atoms with Gasteiger partial charge < -0.3 is 14.2 Å². The summed E-state index contributed by atoms with van der Waals surface area (Å²) < 4.78 is 9.73. The van der Waals surface area contributed by atoms with Gasteiger partial charge in [-0.15, -0.1) is 0 Å². The fraction of sp³-hybridized carbons (Fsp3) is 0.385. The average Bonchev–Trinajstić information content (AvgIpc) is 3.46. The van der Waals surface area contributed by atoms with Gasteiger partial charge in [-0.1, -0.05) is 18.2 Å². The quantitative estimate of drug-likeness (QED) is 0.465. The van der Waals surface area contributed by atoms with Crippen LogP contribution in [0.25, 0.3) is 27.8 Å². The molecule has 1 fully saturated rings. The summed E-state index contributed by atoms with van der Waals surface area (Å²) in [5.41, 5.74) is 4.05. The van der Waals surface area contributed by atoms with E-state index in [9.17, 15) is 4.79 Å². The van der Waals surface area contributed by atoms with Crippen molar-refractivity contribution in [2.24, 2.45) is 0 Å². The molecule has 0 aliphatic carbocycles. The molecule has 3 aromatic heterocycles. The third-order valence-corrected chi connectivity index (χ3v) is 7.11. The number of imidazole rings is 2. The van der Waals surface area contributed by atoms with E-state index < -0.39 is 0 Å². The van der Waals surface area contributed by atoms with Gasteiger partial charge in [0.15, 0.2) is 0 Å². The number of rotatable bonds is 3. The Balaban J connectivity index is 1.52. The van der Waals surface area contributed by atoms with Crippen molar-refractivity contribution in [3.05, 3.63) is 60.2 Å². The van der Waals surface area contributed by atoms with Gasteiger partial charge in [0.2, 0.25) is 5.91 Å². The Bertz CT molecular complexity index is 1400. The monoisotopic (exact) mass is 456 g/mol. The van der Waals surface area contributed by atoms with Crippen LogP contribution in [-0.2, 0) is 16.1 Å². The molecule has 0 radical (unpaired) electrons. The molecule has 8 heteroatoms. The van der Waals surface area contributed by atoms with Crippen LogP contribution in [-0.4, -0.2) is 55.2 Å². The van der Waals surface area contributed by atoms with Crippen LogP contribution in [0.15, 0.2) is 43.0 Å². The molecule has 0 unspecified atom stereocenters. The second kappa shape index (κ2) is 8.06. The Kier molecular flexibility index (Phi) is 4.99. The predicted octanol–water partition coefficient (Wildman–Crippen LogP) is 4.02. The number of aryl methyl sites for hydroxylation is 1. The van der Waals surface area contributed by atoms with Gasteiger partial charge in [0.1, 0.15) is 24.0 Å². The summed E-state index contributed by atoms with van der Waals surface area (Å²) in [6, 6.07) is 8.11. The first-order chi connectivity index (χ1) is 16.5. The van der Waals surface area contributed by atoms with Crippen LogP contribution in [0.1, 0.15) is 48.9 Å². The lowest BCUT2D eigenvalue weighted by Crippen LogP contribution is -2.40. The summed E-state index contributed by atoms with van der Waals surface area (Å²) in [5, 5.41) is 2.14. The Morgan fingerprint density at radius 3 is 2.74 bits per heavy atom. The molecule has 34 heavy (non-hydrogen) atoms. The van der Waals surface area contributed by atoms with Crippen molar-refractivity contribution in [3.8, 4) is 17.1 Å². The standard InChI is InChI=1S/C26H28N6O2/c1-16-13-31(15-28-16)23-11-19-5-4-6-20(21(19)12-27-23)24-22-14-30(3)26(33)17(2)32(22)25(29-24)18-7-9-34-10-8-18/h4-6,11-13,15,17-18H,7-10,14H2,1-3H3/t17-/m1/s1. The highest BCUT2D eigenvalue weighted by Crippen LogP contribution is 2.39.